The number of benzene rings is 1. The van der Waals surface area contributed by atoms with Crippen LogP contribution in [0.5, 0.6) is 5.75 Å². The first kappa shape index (κ1) is 17.0. The third-order valence-corrected chi connectivity index (χ3v) is 5.62. The SMILES string of the molecule is COc1ccc(C(C)=O)cc1CS(=O)(=O)CC1CCOCC1. The summed E-state index contributed by atoms with van der Waals surface area (Å²) >= 11 is 0. The molecule has 2 rings (SSSR count). The number of rotatable bonds is 6. The molecule has 1 aromatic rings. The highest BCUT2D eigenvalue weighted by molar-refractivity contribution is 7.90. The van der Waals surface area contributed by atoms with E-state index in [0.29, 0.717) is 30.1 Å². The van der Waals surface area contributed by atoms with Crippen molar-refractivity contribution in [3.05, 3.63) is 29.3 Å². The van der Waals surface area contributed by atoms with Gasteiger partial charge >= 0.3 is 0 Å². The molecule has 1 aliphatic rings. The summed E-state index contributed by atoms with van der Waals surface area (Å²) in [6, 6.07) is 4.91. The average molecular weight is 326 g/mol. The molecule has 0 aliphatic carbocycles. The van der Waals surface area contributed by atoms with Crippen molar-refractivity contribution in [2.45, 2.75) is 25.5 Å². The van der Waals surface area contributed by atoms with Gasteiger partial charge in [-0.1, -0.05) is 0 Å². The minimum absolute atomic E-state index is 0.0919. The van der Waals surface area contributed by atoms with Gasteiger partial charge in [-0.15, -0.1) is 0 Å². The Morgan fingerprint density at radius 1 is 1.32 bits per heavy atom. The number of carbonyl (C=O) groups excluding carboxylic acids is 1. The van der Waals surface area contributed by atoms with Gasteiger partial charge in [0.15, 0.2) is 15.6 Å². The number of carbonyl (C=O) groups is 1. The second-order valence-corrected chi connectivity index (χ2v) is 7.80. The van der Waals surface area contributed by atoms with Gasteiger partial charge in [0.2, 0.25) is 0 Å². The van der Waals surface area contributed by atoms with Crippen molar-refractivity contribution >= 4 is 15.6 Å². The lowest BCUT2D eigenvalue weighted by Crippen LogP contribution is -2.24. The van der Waals surface area contributed by atoms with Crippen LogP contribution >= 0.6 is 0 Å². The van der Waals surface area contributed by atoms with Gasteiger partial charge in [0, 0.05) is 24.3 Å². The summed E-state index contributed by atoms with van der Waals surface area (Å²) in [7, 11) is -1.76. The van der Waals surface area contributed by atoms with Crippen molar-refractivity contribution in [2.75, 3.05) is 26.1 Å². The molecule has 1 aliphatic heterocycles. The summed E-state index contributed by atoms with van der Waals surface area (Å²) < 4.78 is 35.4. The molecular weight excluding hydrogens is 304 g/mol. The highest BCUT2D eigenvalue weighted by Gasteiger charge is 2.23. The van der Waals surface area contributed by atoms with Gasteiger partial charge in [0.25, 0.3) is 0 Å². The van der Waals surface area contributed by atoms with E-state index in [-0.39, 0.29) is 23.2 Å². The third-order valence-electron chi connectivity index (χ3n) is 3.89. The number of hydrogen-bond acceptors (Lipinski definition) is 5. The number of ketones is 1. The fourth-order valence-corrected chi connectivity index (χ4v) is 4.55. The molecule has 122 valence electrons. The van der Waals surface area contributed by atoms with Crippen LogP contribution in [0.25, 0.3) is 0 Å². The zero-order valence-corrected chi connectivity index (χ0v) is 13.8. The fraction of sp³-hybridized carbons (Fsp3) is 0.562. The van der Waals surface area contributed by atoms with Crippen LogP contribution < -0.4 is 4.74 Å². The second-order valence-electron chi connectivity index (χ2n) is 5.69. The van der Waals surface area contributed by atoms with Crippen LogP contribution in [-0.4, -0.2) is 40.3 Å². The van der Waals surface area contributed by atoms with E-state index in [0.717, 1.165) is 12.8 Å². The summed E-state index contributed by atoms with van der Waals surface area (Å²) in [4.78, 5) is 11.5. The molecule has 0 spiro atoms. The Bertz CT molecular complexity index is 630. The molecule has 1 heterocycles. The quantitative estimate of drug-likeness (QED) is 0.750. The van der Waals surface area contributed by atoms with Crippen LogP contribution in [0, 0.1) is 5.92 Å². The Hall–Kier alpha value is -1.40. The molecular formula is C16H22O5S. The number of ether oxygens (including phenoxy) is 2. The summed E-state index contributed by atoms with van der Waals surface area (Å²) in [5.41, 5.74) is 1.04. The summed E-state index contributed by atoms with van der Waals surface area (Å²) in [5, 5.41) is 0. The van der Waals surface area contributed by atoms with Gasteiger partial charge < -0.3 is 9.47 Å². The Morgan fingerprint density at radius 3 is 2.59 bits per heavy atom. The number of methoxy groups -OCH3 is 1. The molecule has 0 amide bonds. The van der Waals surface area contributed by atoms with E-state index in [1.807, 2.05) is 0 Å². The van der Waals surface area contributed by atoms with Crippen molar-refractivity contribution in [1.82, 2.24) is 0 Å². The lowest BCUT2D eigenvalue weighted by Gasteiger charge is -2.22. The molecule has 5 nitrogen and oxygen atoms in total. The lowest BCUT2D eigenvalue weighted by molar-refractivity contribution is 0.0723. The van der Waals surface area contributed by atoms with E-state index in [2.05, 4.69) is 0 Å². The minimum Gasteiger partial charge on any atom is -0.496 e. The molecule has 0 aromatic heterocycles. The van der Waals surface area contributed by atoms with E-state index in [1.165, 1.54) is 14.0 Å². The summed E-state index contributed by atoms with van der Waals surface area (Å²) in [5.74, 6) is 0.616. The van der Waals surface area contributed by atoms with Crippen molar-refractivity contribution in [2.24, 2.45) is 5.92 Å². The Labute approximate surface area is 131 Å². The summed E-state index contributed by atoms with van der Waals surface area (Å²) in [6.07, 6.45) is 1.56. The summed E-state index contributed by atoms with van der Waals surface area (Å²) in [6.45, 7) is 2.72. The number of sulfone groups is 1. The van der Waals surface area contributed by atoms with Crippen LogP contribution in [0.3, 0.4) is 0 Å². The molecule has 0 radical (unpaired) electrons. The maximum Gasteiger partial charge on any atom is 0.159 e. The maximum absolute atomic E-state index is 12.4. The molecule has 1 fully saturated rings. The van der Waals surface area contributed by atoms with Gasteiger partial charge in [-0.05, 0) is 43.9 Å². The van der Waals surface area contributed by atoms with Crippen LogP contribution in [0.4, 0.5) is 0 Å². The minimum atomic E-state index is -3.26. The Balaban J connectivity index is 2.16. The molecule has 1 aromatic carbocycles. The molecule has 1 saturated heterocycles. The molecule has 0 atom stereocenters. The van der Waals surface area contributed by atoms with E-state index >= 15 is 0 Å². The van der Waals surface area contributed by atoms with Crippen LogP contribution in [0.1, 0.15) is 35.7 Å². The van der Waals surface area contributed by atoms with Crippen molar-refractivity contribution in [3.63, 3.8) is 0 Å². The van der Waals surface area contributed by atoms with E-state index in [4.69, 9.17) is 9.47 Å². The molecule has 6 heteroatoms. The first-order chi connectivity index (χ1) is 10.4. The first-order valence-corrected chi connectivity index (χ1v) is 9.19. The van der Waals surface area contributed by atoms with Crippen molar-refractivity contribution in [3.8, 4) is 5.75 Å². The topological polar surface area (TPSA) is 69.7 Å². The van der Waals surface area contributed by atoms with Gasteiger partial charge in [0.1, 0.15) is 5.75 Å². The highest BCUT2D eigenvalue weighted by atomic mass is 32.2. The smallest absolute Gasteiger partial charge is 0.159 e. The predicted molar refractivity (Wildman–Crippen MR) is 84.0 cm³/mol. The maximum atomic E-state index is 12.4. The normalized spacial score (nSPS) is 16.5. The van der Waals surface area contributed by atoms with Gasteiger partial charge in [-0.2, -0.15) is 0 Å². The number of hydrogen-bond donors (Lipinski definition) is 0. The van der Waals surface area contributed by atoms with E-state index in [1.54, 1.807) is 18.2 Å². The Kier molecular flexibility index (Phi) is 5.58. The van der Waals surface area contributed by atoms with Gasteiger partial charge in [0.05, 0.1) is 18.6 Å². The zero-order chi connectivity index (χ0) is 16.2. The monoisotopic (exact) mass is 326 g/mol. The average Bonchev–Trinajstić information content (AvgIpc) is 2.47. The second kappa shape index (κ2) is 7.24. The molecule has 0 unspecified atom stereocenters. The predicted octanol–water partition coefficient (Wildman–Crippen LogP) is 2.24. The number of Topliss-reactive ketones (excluding diaryl/α,β-unsaturated/α-hetero) is 1. The van der Waals surface area contributed by atoms with Gasteiger partial charge in [-0.25, -0.2) is 8.42 Å². The molecule has 0 bridgehead atoms. The van der Waals surface area contributed by atoms with Crippen molar-refractivity contribution < 1.29 is 22.7 Å². The highest BCUT2D eigenvalue weighted by Crippen LogP contribution is 2.25. The van der Waals surface area contributed by atoms with Crippen molar-refractivity contribution in [1.29, 1.82) is 0 Å². The van der Waals surface area contributed by atoms with Crippen LogP contribution in [-0.2, 0) is 20.3 Å². The molecule has 22 heavy (non-hydrogen) atoms. The molecule has 0 saturated carbocycles. The largest absolute Gasteiger partial charge is 0.496 e. The van der Waals surface area contributed by atoms with E-state index < -0.39 is 9.84 Å². The van der Waals surface area contributed by atoms with E-state index in [9.17, 15) is 13.2 Å². The third kappa shape index (κ3) is 4.55. The standard InChI is InChI=1S/C16H22O5S/c1-12(17)14-3-4-16(20-2)15(9-14)11-22(18,19)10-13-5-7-21-8-6-13/h3-4,9,13H,5-8,10-11H2,1-2H3. The zero-order valence-electron chi connectivity index (χ0n) is 13.0. The lowest BCUT2D eigenvalue weighted by atomic mass is 10.0. The van der Waals surface area contributed by atoms with Crippen LogP contribution in [0.15, 0.2) is 18.2 Å². The Morgan fingerprint density at radius 2 is 2.00 bits per heavy atom. The molecule has 0 N–H and O–H groups in total. The first-order valence-electron chi connectivity index (χ1n) is 7.37. The van der Waals surface area contributed by atoms with Gasteiger partial charge in [-0.3, -0.25) is 4.79 Å². The fourth-order valence-electron chi connectivity index (χ4n) is 2.68. The van der Waals surface area contributed by atoms with Crippen LogP contribution in [0.2, 0.25) is 0 Å².